The van der Waals surface area contributed by atoms with Gasteiger partial charge in [0.15, 0.2) is 0 Å². The zero-order valence-electron chi connectivity index (χ0n) is 16.2. The second-order valence-electron chi connectivity index (χ2n) is 6.35. The Morgan fingerprint density at radius 1 is 1.14 bits per heavy atom. The fourth-order valence-electron chi connectivity index (χ4n) is 2.89. The molecule has 1 atom stereocenters. The molecule has 0 spiro atoms. The van der Waals surface area contributed by atoms with E-state index in [2.05, 4.69) is 5.32 Å². The van der Waals surface area contributed by atoms with E-state index in [0.29, 0.717) is 13.0 Å². The van der Waals surface area contributed by atoms with Gasteiger partial charge in [0, 0.05) is 6.54 Å². The van der Waals surface area contributed by atoms with Crippen LogP contribution in [0.15, 0.2) is 48.5 Å². The maximum atomic E-state index is 13.2. The monoisotopic (exact) mass is 408 g/mol. The van der Waals surface area contributed by atoms with Crippen LogP contribution in [0.4, 0.5) is 10.1 Å². The lowest BCUT2D eigenvalue weighted by Crippen LogP contribution is -2.49. The number of benzene rings is 2. The summed E-state index contributed by atoms with van der Waals surface area (Å²) in [6.45, 7) is 2.10. The van der Waals surface area contributed by atoms with Crippen molar-refractivity contribution in [3.8, 4) is 5.75 Å². The topological polar surface area (TPSA) is 75.7 Å². The van der Waals surface area contributed by atoms with Gasteiger partial charge in [-0.25, -0.2) is 12.8 Å². The second-order valence-corrected chi connectivity index (χ2v) is 8.21. The number of rotatable bonds is 9. The van der Waals surface area contributed by atoms with Crippen LogP contribution in [-0.2, 0) is 21.2 Å². The van der Waals surface area contributed by atoms with E-state index in [1.165, 1.54) is 24.3 Å². The van der Waals surface area contributed by atoms with Gasteiger partial charge in [0.1, 0.15) is 17.6 Å². The smallest absolute Gasteiger partial charge is 0.243 e. The van der Waals surface area contributed by atoms with E-state index in [0.717, 1.165) is 21.9 Å². The Bertz CT molecular complexity index is 883. The van der Waals surface area contributed by atoms with Crippen LogP contribution in [0.2, 0.25) is 0 Å². The third-order valence-corrected chi connectivity index (χ3v) is 5.46. The number of hydrogen-bond donors (Lipinski definition) is 1. The first-order chi connectivity index (χ1) is 13.3. The van der Waals surface area contributed by atoms with Gasteiger partial charge in [0.2, 0.25) is 15.9 Å². The molecule has 2 aromatic rings. The molecule has 0 aliphatic carbocycles. The number of nitrogens with one attached hydrogen (secondary N) is 1. The standard InChI is InChI=1S/C20H25FN2O4S/c1-4-19(23(28(3,25)26)17-9-7-16(21)8-10-17)20(24)22-14-13-15-5-11-18(27-2)12-6-15/h5-12,19H,4,13-14H2,1-3H3,(H,22,24)/t19-/m0/s1. The van der Waals surface area contributed by atoms with E-state index < -0.39 is 27.8 Å². The van der Waals surface area contributed by atoms with Gasteiger partial charge in [-0.15, -0.1) is 0 Å². The predicted octanol–water partition coefficient (Wildman–Crippen LogP) is 2.74. The first-order valence-electron chi connectivity index (χ1n) is 8.92. The van der Waals surface area contributed by atoms with Crippen molar-refractivity contribution in [2.45, 2.75) is 25.8 Å². The lowest BCUT2D eigenvalue weighted by atomic mass is 10.1. The molecule has 0 saturated carbocycles. The van der Waals surface area contributed by atoms with Crippen LogP contribution in [0, 0.1) is 5.82 Å². The summed E-state index contributed by atoms with van der Waals surface area (Å²) in [6.07, 6.45) is 1.91. The Morgan fingerprint density at radius 2 is 1.75 bits per heavy atom. The number of anilines is 1. The summed E-state index contributed by atoms with van der Waals surface area (Å²) in [5.74, 6) is -0.123. The van der Waals surface area contributed by atoms with Crippen molar-refractivity contribution in [2.75, 3.05) is 24.2 Å². The van der Waals surface area contributed by atoms with E-state index in [4.69, 9.17) is 4.74 Å². The van der Waals surface area contributed by atoms with Gasteiger partial charge in [0.05, 0.1) is 19.1 Å². The molecule has 0 aliphatic rings. The van der Waals surface area contributed by atoms with E-state index in [1.54, 1.807) is 14.0 Å². The van der Waals surface area contributed by atoms with Crippen LogP contribution in [0.25, 0.3) is 0 Å². The Kier molecular flexibility index (Phi) is 7.39. The van der Waals surface area contributed by atoms with E-state index >= 15 is 0 Å². The first kappa shape index (κ1) is 21.7. The minimum atomic E-state index is -3.74. The van der Waals surface area contributed by atoms with E-state index in [9.17, 15) is 17.6 Å². The summed E-state index contributed by atoms with van der Waals surface area (Å²) in [5.41, 5.74) is 1.27. The Hall–Kier alpha value is -2.61. The Labute approximate surface area is 165 Å². The molecule has 0 fully saturated rings. The highest BCUT2D eigenvalue weighted by molar-refractivity contribution is 7.92. The molecule has 6 nitrogen and oxygen atoms in total. The van der Waals surface area contributed by atoms with Crippen molar-refractivity contribution < 1.29 is 22.3 Å². The summed E-state index contributed by atoms with van der Waals surface area (Å²) >= 11 is 0. The molecule has 0 radical (unpaired) electrons. The number of hydrogen-bond acceptors (Lipinski definition) is 4. The number of nitrogens with zero attached hydrogens (tertiary/aromatic N) is 1. The molecule has 152 valence electrons. The number of carbonyl (C=O) groups excluding carboxylic acids is 1. The summed E-state index contributed by atoms with van der Waals surface area (Å²) < 4.78 is 44.0. The summed E-state index contributed by atoms with van der Waals surface area (Å²) in [5, 5.41) is 2.79. The fourth-order valence-corrected chi connectivity index (χ4v) is 4.10. The minimum Gasteiger partial charge on any atom is -0.497 e. The molecule has 0 aromatic heterocycles. The highest BCUT2D eigenvalue weighted by Crippen LogP contribution is 2.22. The van der Waals surface area contributed by atoms with Crippen LogP contribution in [0.5, 0.6) is 5.75 Å². The molecule has 0 aliphatic heterocycles. The van der Waals surface area contributed by atoms with E-state index in [1.807, 2.05) is 24.3 Å². The molecule has 28 heavy (non-hydrogen) atoms. The van der Waals surface area contributed by atoms with E-state index in [-0.39, 0.29) is 12.1 Å². The zero-order chi connectivity index (χ0) is 20.7. The maximum Gasteiger partial charge on any atom is 0.243 e. The molecule has 0 bridgehead atoms. The molecule has 2 aromatic carbocycles. The second kappa shape index (κ2) is 9.54. The number of halogens is 1. The number of amides is 1. The summed E-state index contributed by atoms with van der Waals surface area (Å²) in [6, 6.07) is 11.6. The molecule has 2 rings (SSSR count). The number of ether oxygens (including phenoxy) is 1. The van der Waals surface area contributed by atoms with Gasteiger partial charge in [-0.1, -0.05) is 19.1 Å². The van der Waals surface area contributed by atoms with Gasteiger partial charge in [-0.2, -0.15) is 0 Å². The van der Waals surface area contributed by atoms with Crippen LogP contribution in [0.1, 0.15) is 18.9 Å². The Morgan fingerprint density at radius 3 is 2.25 bits per heavy atom. The van der Waals surface area contributed by atoms with Crippen LogP contribution >= 0.6 is 0 Å². The highest BCUT2D eigenvalue weighted by atomic mass is 32.2. The van der Waals surface area contributed by atoms with Crippen LogP contribution < -0.4 is 14.4 Å². The normalized spacial score (nSPS) is 12.3. The van der Waals surface area contributed by atoms with Gasteiger partial charge < -0.3 is 10.1 Å². The fraction of sp³-hybridized carbons (Fsp3) is 0.350. The van der Waals surface area contributed by atoms with Gasteiger partial charge >= 0.3 is 0 Å². The average molecular weight is 408 g/mol. The minimum absolute atomic E-state index is 0.251. The molecule has 1 N–H and O–H groups in total. The van der Waals surface area contributed by atoms with Crippen LogP contribution in [0.3, 0.4) is 0 Å². The molecule has 8 heteroatoms. The predicted molar refractivity (Wildman–Crippen MR) is 108 cm³/mol. The molecule has 0 heterocycles. The zero-order valence-corrected chi connectivity index (χ0v) is 17.0. The first-order valence-corrected chi connectivity index (χ1v) is 10.8. The largest absolute Gasteiger partial charge is 0.497 e. The van der Waals surface area contributed by atoms with Crippen LogP contribution in [-0.4, -0.2) is 40.3 Å². The molecule has 1 amide bonds. The SMILES string of the molecule is CC[C@@H](C(=O)NCCc1ccc(OC)cc1)N(c1ccc(F)cc1)S(C)(=O)=O. The van der Waals surface area contributed by atoms with Crippen molar-refractivity contribution in [1.82, 2.24) is 5.32 Å². The number of sulfonamides is 1. The van der Waals surface area contributed by atoms with Crippen molar-refractivity contribution in [3.05, 3.63) is 59.9 Å². The van der Waals surface area contributed by atoms with Crippen molar-refractivity contribution >= 4 is 21.6 Å². The van der Waals surface area contributed by atoms with Gasteiger partial charge in [-0.3, -0.25) is 9.10 Å². The molecular weight excluding hydrogens is 383 g/mol. The lowest BCUT2D eigenvalue weighted by molar-refractivity contribution is -0.122. The summed E-state index contributed by atoms with van der Waals surface area (Å²) in [7, 11) is -2.14. The average Bonchev–Trinajstić information content (AvgIpc) is 2.66. The van der Waals surface area contributed by atoms with Crippen molar-refractivity contribution in [2.24, 2.45) is 0 Å². The lowest BCUT2D eigenvalue weighted by Gasteiger charge is -2.30. The number of carbonyl (C=O) groups is 1. The van der Waals surface area contributed by atoms with Gasteiger partial charge in [0.25, 0.3) is 0 Å². The number of methoxy groups -OCH3 is 1. The van der Waals surface area contributed by atoms with Crippen molar-refractivity contribution in [3.63, 3.8) is 0 Å². The third kappa shape index (κ3) is 5.69. The Balaban J connectivity index is 2.09. The quantitative estimate of drug-likeness (QED) is 0.692. The summed E-state index contributed by atoms with van der Waals surface area (Å²) in [4.78, 5) is 12.7. The molecule has 0 unspecified atom stereocenters. The highest BCUT2D eigenvalue weighted by Gasteiger charge is 2.31. The molecule has 0 saturated heterocycles. The molecular formula is C20H25FN2O4S. The third-order valence-electron chi connectivity index (χ3n) is 4.28. The van der Waals surface area contributed by atoms with Crippen molar-refractivity contribution in [1.29, 1.82) is 0 Å². The maximum absolute atomic E-state index is 13.2. The van der Waals surface area contributed by atoms with Gasteiger partial charge in [-0.05, 0) is 54.8 Å².